The number of carbonyl (C=O) groups is 1. The number of hydrogen-bond acceptors (Lipinski definition) is 3. The number of nitrogens with zero attached hydrogens (tertiary/aromatic N) is 2. The second-order valence-electron chi connectivity index (χ2n) is 8.05. The first-order chi connectivity index (χ1) is 16.7. The van der Waals surface area contributed by atoms with Crippen molar-refractivity contribution in [2.45, 2.75) is 13.2 Å². The van der Waals surface area contributed by atoms with Gasteiger partial charge in [-0.05, 0) is 29.8 Å². The Bertz CT molecular complexity index is 1190. The minimum atomic E-state index is -1.60. The molecule has 4 rings (SSSR count). The summed E-state index contributed by atoms with van der Waals surface area (Å²) in [5.41, 5.74) is 1.76. The number of halogens is 6. The number of rotatable bonds is 6. The lowest BCUT2D eigenvalue weighted by Gasteiger charge is -2.35. The fraction of sp³-hybridized carbons (Fsp3) is 0.240. The quantitative estimate of drug-likeness (QED) is 0.288. The summed E-state index contributed by atoms with van der Waals surface area (Å²) < 4.78 is 59.1. The molecule has 3 aromatic carbocycles. The summed E-state index contributed by atoms with van der Waals surface area (Å²) in [5.74, 6) is -7.58. The summed E-state index contributed by atoms with van der Waals surface area (Å²) in [5, 5.41) is 1.21. The first-order valence-electron chi connectivity index (χ1n) is 10.7. The lowest BCUT2D eigenvalue weighted by atomic mass is 10.1. The standard InChI is InChI=1S/C25H20Cl2F4N2O2/c26-18-2-1-3-19(27)17(18)13-32-8-10-33(11-9-32)25(34)16-6-4-15(5-7-16)14-35-24-22(30)20(28)12-21(29)23(24)31/h1-7,12H,8-11,13-14H2. The summed E-state index contributed by atoms with van der Waals surface area (Å²) >= 11 is 12.5. The van der Waals surface area contributed by atoms with Gasteiger partial charge in [0.05, 0.1) is 0 Å². The second kappa shape index (κ2) is 10.8. The summed E-state index contributed by atoms with van der Waals surface area (Å²) in [4.78, 5) is 16.8. The molecule has 0 aromatic heterocycles. The monoisotopic (exact) mass is 526 g/mol. The first kappa shape index (κ1) is 25.3. The lowest BCUT2D eigenvalue weighted by molar-refractivity contribution is 0.0628. The van der Waals surface area contributed by atoms with Crippen molar-refractivity contribution >= 4 is 29.1 Å². The molecule has 1 heterocycles. The molecule has 0 bridgehead atoms. The van der Waals surface area contributed by atoms with Crippen molar-refractivity contribution in [3.05, 3.63) is 98.5 Å². The van der Waals surface area contributed by atoms with Gasteiger partial charge in [-0.2, -0.15) is 8.78 Å². The molecule has 0 aliphatic carbocycles. The predicted molar refractivity (Wildman–Crippen MR) is 125 cm³/mol. The molecular weight excluding hydrogens is 507 g/mol. The van der Waals surface area contributed by atoms with Gasteiger partial charge in [0, 0.05) is 60.0 Å². The molecule has 1 aliphatic heterocycles. The summed E-state index contributed by atoms with van der Waals surface area (Å²) in [7, 11) is 0. The van der Waals surface area contributed by atoms with Crippen LogP contribution in [-0.2, 0) is 13.2 Å². The highest BCUT2D eigenvalue weighted by molar-refractivity contribution is 6.35. The largest absolute Gasteiger partial charge is 0.483 e. The van der Waals surface area contributed by atoms with E-state index in [2.05, 4.69) is 4.90 Å². The Labute approximate surface area is 209 Å². The van der Waals surface area contributed by atoms with Crippen molar-refractivity contribution in [3.8, 4) is 5.75 Å². The van der Waals surface area contributed by atoms with Crippen molar-refractivity contribution in [2.24, 2.45) is 0 Å². The Morgan fingerprint density at radius 1 is 0.857 bits per heavy atom. The zero-order valence-corrected chi connectivity index (χ0v) is 19.9. The third kappa shape index (κ3) is 5.72. The molecule has 0 N–H and O–H groups in total. The van der Waals surface area contributed by atoms with Crippen LogP contribution in [0.25, 0.3) is 0 Å². The van der Waals surface area contributed by atoms with Gasteiger partial charge < -0.3 is 9.64 Å². The van der Waals surface area contributed by atoms with Crippen molar-refractivity contribution in [1.29, 1.82) is 0 Å². The molecule has 0 spiro atoms. The van der Waals surface area contributed by atoms with Gasteiger partial charge in [-0.1, -0.05) is 41.4 Å². The number of amides is 1. The van der Waals surface area contributed by atoms with E-state index < -0.39 is 29.0 Å². The maximum atomic E-state index is 13.7. The lowest BCUT2D eigenvalue weighted by Crippen LogP contribution is -2.48. The van der Waals surface area contributed by atoms with Crippen LogP contribution in [0.3, 0.4) is 0 Å². The Hall–Kier alpha value is -2.81. The summed E-state index contributed by atoms with van der Waals surface area (Å²) in [6.45, 7) is 2.60. The van der Waals surface area contributed by atoms with Crippen LogP contribution in [0.2, 0.25) is 10.0 Å². The molecule has 0 saturated carbocycles. The SMILES string of the molecule is O=C(c1ccc(COc2c(F)c(F)cc(F)c2F)cc1)N1CCN(Cc2c(Cl)cccc2Cl)CC1. The van der Waals surface area contributed by atoms with E-state index in [1.807, 2.05) is 0 Å². The molecule has 0 unspecified atom stereocenters. The molecule has 1 saturated heterocycles. The number of benzene rings is 3. The number of hydrogen-bond donors (Lipinski definition) is 0. The molecular formula is C25H20Cl2F4N2O2. The van der Waals surface area contributed by atoms with E-state index in [1.165, 1.54) is 0 Å². The average molecular weight is 527 g/mol. The van der Waals surface area contributed by atoms with Crippen LogP contribution in [0, 0.1) is 23.3 Å². The number of piperazine rings is 1. The smallest absolute Gasteiger partial charge is 0.253 e. The molecule has 3 aromatic rings. The Morgan fingerprint density at radius 2 is 1.43 bits per heavy atom. The van der Waals surface area contributed by atoms with E-state index in [1.54, 1.807) is 47.4 Å². The fourth-order valence-electron chi connectivity index (χ4n) is 3.78. The highest BCUT2D eigenvalue weighted by atomic mass is 35.5. The van der Waals surface area contributed by atoms with Crippen LogP contribution in [0.1, 0.15) is 21.5 Å². The van der Waals surface area contributed by atoms with Crippen molar-refractivity contribution in [3.63, 3.8) is 0 Å². The van der Waals surface area contributed by atoms with Gasteiger partial charge in [-0.3, -0.25) is 9.69 Å². The molecule has 1 amide bonds. The molecule has 4 nitrogen and oxygen atoms in total. The normalized spacial score (nSPS) is 14.3. The molecule has 0 atom stereocenters. The van der Waals surface area contributed by atoms with Gasteiger partial charge in [0.25, 0.3) is 5.91 Å². The van der Waals surface area contributed by atoms with Gasteiger partial charge in [0.15, 0.2) is 17.4 Å². The van der Waals surface area contributed by atoms with Crippen LogP contribution < -0.4 is 4.74 Å². The highest BCUT2D eigenvalue weighted by Crippen LogP contribution is 2.28. The van der Waals surface area contributed by atoms with Crippen LogP contribution >= 0.6 is 23.2 Å². The Morgan fingerprint density at radius 3 is 2.00 bits per heavy atom. The van der Waals surface area contributed by atoms with E-state index in [9.17, 15) is 22.4 Å². The first-order valence-corrected chi connectivity index (χ1v) is 11.5. The average Bonchev–Trinajstić information content (AvgIpc) is 2.85. The summed E-state index contributed by atoms with van der Waals surface area (Å²) in [6, 6.07) is 11.7. The van der Waals surface area contributed by atoms with Gasteiger partial charge in [0.1, 0.15) is 6.61 Å². The maximum Gasteiger partial charge on any atom is 0.253 e. The van der Waals surface area contributed by atoms with Gasteiger partial charge in [-0.15, -0.1) is 0 Å². The second-order valence-corrected chi connectivity index (χ2v) is 8.87. The highest BCUT2D eigenvalue weighted by Gasteiger charge is 2.24. The van der Waals surface area contributed by atoms with E-state index in [4.69, 9.17) is 27.9 Å². The maximum absolute atomic E-state index is 13.7. The van der Waals surface area contributed by atoms with Crippen LogP contribution in [0.15, 0.2) is 48.5 Å². The van der Waals surface area contributed by atoms with Crippen molar-refractivity contribution in [1.82, 2.24) is 9.80 Å². The van der Waals surface area contributed by atoms with Crippen molar-refractivity contribution < 1.29 is 27.1 Å². The molecule has 10 heteroatoms. The number of carbonyl (C=O) groups excluding carboxylic acids is 1. The van der Waals surface area contributed by atoms with E-state index in [0.29, 0.717) is 53.9 Å². The summed E-state index contributed by atoms with van der Waals surface area (Å²) in [6.07, 6.45) is 0. The minimum absolute atomic E-state index is 0.115. The third-order valence-electron chi connectivity index (χ3n) is 5.76. The Kier molecular flexibility index (Phi) is 7.84. The van der Waals surface area contributed by atoms with Crippen molar-refractivity contribution in [2.75, 3.05) is 26.2 Å². The number of ether oxygens (including phenoxy) is 1. The topological polar surface area (TPSA) is 32.8 Å². The van der Waals surface area contributed by atoms with Crippen LogP contribution in [-0.4, -0.2) is 41.9 Å². The molecule has 1 aliphatic rings. The fourth-order valence-corrected chi connectivity index (χ4v) is 4.29. The molecule has 184 valence electrons. The zero-order valence-electron chi connectivity index (χ0n) is 18.3. The minimum Gasteiger partial charge on any atom is -0.483 e. The van der Waals surface area contributed by atoms with Crippen LogP contribution in [0.5, 0.6) is 5.75 Å². The zero-order chi connectivity index (χ0) is 25.1. The van der Waals surface area contributed by atoms with Crippen LogP contribution in [0.4, 0.5) is 17.6 Å². The van der Waals surface area contributed by atoms with E-state index in [-0.39, 0.29) is 18.6 Å². The molecule has 1 fully saturated rings. The van der Waals surface area contributed by atoms with Gasteiger partial charge >= 0.3 is 0 Å². The van der Waals surface area contributed by atoms with Gasteiger partial charge in [0.2, 0.25) is 11.6 Å². The predicted octanol–water partition coefficient (Wildman–Crippen LogP) is 6.09. The van der Waals surface area contributed by atoms with E-state index in [0.717, 1.165) is 5.56 Å². The molecule has 0 radical (unpaired) electrons. The molecule has 35 heavy (non-hydrogen) atoms. The van der Waals surface area contributed by atoms with E-state index >= 15 is 0 Å². The van der Waals surface area contributed by atoms with Gasteiger partial charge in [-0.25, -0.2) is 8.78 Å². The third-order valence-corrected chi connectivity index (χ3v) is 6.47. The Balaban J connectivity index is 1.33.